The molecule has 1 aromatic carbocycles. The maximum absolute atomic E-state index is 12.0. The van der Waals surface area contributed by atoms with Crippen molar-refractivity contribution in [3.63, 3.8) is 0 Å². The van der Waals surface area contributed by atoms with Gasteiger partial charge in [0.05, 0.1) is 7.11 Å². The maximum Gasteiger partial charge on any atom is 0.258 e. The Morgan fingerprint density at radius 1 is 1.14 bits per heavy atom. The molecule has 0 saturated carbocycles. The van der Waals surface area contributed by atoms with E-state index < -0.39 is 0 Å². The zero-order valence-corrected chi connectivity index (χ0v) is 19.6. The molecule has 0 heterocycles. The number of hydrogen-bond acceptors (Lipinski definition) is 5. The second-order valence-electron chi connectivity index (χ2n) is 7.24. The van der Waals surface area contributed by atoms with Crippen LogP contribution in [0.15, 0.2) is 18.2 Å². The molecular weight excluding hydrogens is 401 g/mol. The first-order valence-electron chi connectivity index (χ1n) is 9.33. The van der Waals surface area contributed by atoms with E-state index in [4.69, 9.17) is 9.47 Å². The normalized spacial score (nSPS) is 10.7. The topological polar surface area (TPSA) is 62.8 Å². The number of rotatable bonds is 11. The predicted octanol–water partition coefficient (Wildman–Crippen LogP) is 3.26. The van der Waals surface area contributed by atoms with Gasteiger partial charge in [-0.3, -0.25) is 4.79 Å². The third-order valence-electron chi connectivity index (χ3n) is 3.96. The number of nitrogens with one attached hydrogen (secondary N) is 2. The molecule has 0 radical (unpaired) electrons. The van der Waals surface area contributed by atoms with Gasteiger partial charge in [-0.2, -0.15) is 0 Å². The number of ether oxygens (including phenoxy) is 2. The zero-order valence-electron chi connectivity index (χ0n) is 18.0. The summed E-state index contributed by atoms with van der Waals surface area (Å²) in [5.41, 5.74) is 0.697. The highest BCUT2D eigenvalue weighted by Gasteiger charge is 2.16. The van der Waals surface area contributed by atoms with E-state index in [1.165, 1.54) is 0 Å². The first-order valence-corrected chi connectivity index (χ1v) is 9.33. The van der Waals surface area contributed by atoms with E-state index in [2.05, 4.69) is 29.4 Å². The first kappa shape index (κ1) is 29.0. The monoisotopic (exact) mass is 437 g/mol. The van der Waals surface area contributed by atoms with Crippen molar-refractivity contribution >= 4 is 30.7 Å². The summed E-state index contributed by atoms with van der Waals surface area (Å²) in [7, 11) is 1.61. The van der Waals surface area contributed by atoms with Gasteiger partial charge in [0.1, 0.15) is 0 Å². The number of amides is 1. The number of benzene rings is 1. The van der Waals surface area contributed by atoms with Crippen LogP contribution in [0.5, 0.6) is 11.5 Å². The molecule has 2 N–H and O–H groups in total. The summed E-state index contributed by atoms with van der Waals surface area (Å²) in [5.74, 6) is 1.11. The van der Waals surface area contributed by atoms with Crippen LogP contribution in [0.4, 0.5) is 0 Å². The molecule has 6 nitrogen and oxygen atoms in total. The van der Waals surface area contributed by atoms with E-state index >= 15 is 0 Å². The Hall–Kier alpha value is -1.21. The quantitative estimate of drug-likeness (QED) is 0.520. The van der Waals surface area contributed by atoms with Crippen molar-refractivity contribution in [2.24, 2.45) is 0 Å². The van der Waals surface area contributed by atoms with Crippen LogP contribution in [-0.4, -0.2) is 56.2 Å². The molecule has 0 atom stereocenters. The van der Waals surface area contributed by atoms with Gasteiger partial charge in [0, 0.05) is 30.7 Å². The lowest BCUT2D eigenvalue weighted by molar-refractivity contribution is -0.124. The Morgan fingerprint density at radius 2 is 1.79 bits per heavy atom. The van der Waals surface area contributed by atoms with Gasteiger partial charge in [0.2, 0.25) is 0 Å². The van der Waals surface area contributed by atoms with Crippen molar-refractivity contribution in [2.75, 3.05) is 39.9 Å². The van der Waals surface area contributed by atoms with Crippen LogP contribution in [0.3, 0.4) is 0 Å². The molecule has 0 fully saturated rings. The number of nitrogens with zero attached hydrogens (tertiary/aromatic N) is 1. The average Bonchev–Trinajstić information content (AvgIpc) is 2.58. The fraction of sp³-hybridized carbons (Fsp3) is 0.650. The van der Waals surface area contributed by atoms with E-state index in [0.717, 1.165) is 31.7 Å². The molecular formula is C20H37Cl2N3O3. The van der Waals surface area contributed by atoms with E-state index in [9.17, 15) is 4.79 Å². The summed E-state index contributed by atoms with van der Waals surface area (Å²) in [4.78, 5) is 14.4. The van der Waals surface area contributed by atoms with Gasteiger partial charge >= 0.3 is 0 Å². The predicted molar refractivity (Wildman–Crippen MR) is 120 cm³/mol. The van der Waals surface area contributed by atoms with Crippen LogP contribution < -0.4 is 20.1 Å². The van der Waals surface area contributed by atoms with Crippen molar-refractivity contribution in [3.05, 3.63) is 23.8 Å². The Labute approximate surface area is 182 Å². The minimum absolute atomic E-state index is 0. The second-order valence-corrected chi connectivity index (χ2v) is 7.24. The molecule has 1 rings (SSSR count). The molecule has 28 heavy (non-hydrogen) atoms. The zero-order chi connectivity index (χ0) is 19.6. The van der Waals surface area contributed by atoms with Gasteiger partial charge in [0.25, 0.3) is 5.91 Å². The van der Waals surface area contributed by atoms with Gasteiger partial charge in [-0.15, -0.1) is 24.8 Å². The van der Waals surface area contributed by atoms with Crippen LogP contribution in [0.2, 0.25) is 0 Å². The van der Waals surface area contributed by atoms with Crippen LogP contribution >= 0.6 is 24.8 Å². The summed E-state index contributed by atoms with van der Waals surface area (Å²) in [6, 6.07) is 5.77. The molecule has 0 spiro atoms. The molecule has 164 valence electrons. The SMILES string of the molecule is CCN(CC)CCNCc1cccc(OC)c1OCC(=O)NC(C)(C)C.Cl.Cl. The summed E-state index contributed by atoms with van der Waals surface area (Å²) in [5, 5.41) is 6.34. The van der Waals surface area contributed by atoms with Crippen molar-refractivity contribution < 1.29 is 14.3 Å². The minimum atomic E-state index is -0.282. The lowest BCUT2D eigenvalue weighted by atomic mass is 10.1. The Morgan fingerprint density at radius 3 is 2.32 bits per heavy atom. The van der Waals surface area contributed by atoms with Crippen molar-refractivity contribution in [2.45, 2.75) is 46.7 Å². The van der Waals surface area contributed by atoms with E-state index in [0.29, 0.717) is 18.0 Å². The molecule has 0 aliphatic carbocycles. The molecule has 0 aromatic heterocycles. The van der Waals surface area contributed by atoms with Gasteiger partial charge in [0.15, 0.2) is 18.1 Å². The highest BCUT2D eigenvalue weighted by Crippen LogP contribution is 2.31. The van der Waals surface area contributed by atoms with Gasteiger partial charge in [-0.05, 0) is 39.9 Å². The molecule has 1 amide bonds. The smallest absolute Gasteiger partial charge is 0.258 e. The largest absolute Gasteiger partial charge is 0.493 e. The first-order chi connectivity index (χ1) is 12.3. The van der Waals surface area contributed by atoms with Crippen molar-refractivity contribution in [1.29, 1.82) is 0 Å². The third-order valence-corrected chi connectivity index (χ3v) is 3.96. The number of likely N-dealkylation sites (N-methyl/N-ethyl adjacent to an activating group) is 1. The Bertz CT molecular complexity index is 562. The van der Waals surface area contributed by atoms with Gasteiger partial charge in [-0.25, -0.2) is 0 Å². The summed E-state index contributed by atoms with van der Waals surface area (Å²) < 4.78 is 11.2. The molecule has 0 bridgehead atoms. The highest BCUT2D eigenvalue weighted by atomic mass is 35.5. The van der Waals surface area contributed by atoms with E-state index in [1.807, 2.05) is 39.0 Å². The van der Waals surface area contributed by atoms with Crippen molar-refractivity contribution in [3.8, 4) is 11.5 Å². The number of hydrogen-bond donors (Lipinski definition) is 2. The highest BCUT2D eigenvalue weighted by molar-refractivity contribution is 5.85. The fourth-order valence-electron chi connectivity index (χ4n) is 2.62. The summed E-state index contributed by atoms with van der Waals surface area (Å²) in [6.07, 6.45) is 0. The van der Waals surface area contributed by atoms with Crippen molar-refractivity contribution in [1.82, 2.24) is 15.5 Å². The standard InChI is InChI=1S/C20H35N3O3.2ClH/c1-7-23(8-2)13-12-21-14-16-10-9-11-17(25-6)19(16)26-15-18(24)22-20(3,4)5;;/h9-11,21H,7-8,12-15H2,1-6H3,(H,22,24);2*1H. The Kier molecular flexibility index (Phi) is 15.3. The lowest BCUT2D eigenvalue weighted by Gasteiger charge is -2.21. The fourth-order valence-corrected chi connectivity index (χ4v) is 2.62. The van der Waals surface area contributed by atoms with Gasteiger partial charge in [-0.1, -0.05) is 26.0 Å². The molecule has 0 unspecified atom stereocenters. The molecule has 8 heteroatoms. The Balaban J connectivity index is 0. The number of carbonyl (C=O) groups excluding carboxylic acids is 1. The van der Waals surface area contributed by atoms with E-state index in [-0.39, 0.29) is 42.9 Å². The number of para-hydroxylation sites is 1. The molecule has 0 aliphatic heterocycles. The van der Waals surface area contributed by atoms with Crippen LogP contribution in [-0.2, 0) is 11.3 Å². The molecule has 0 aliphatic rings. The summed E-state index contributed by atoms with van der Waals surface area (Å²) >= 11 is 0. The molecule has 0 saturated heterocycles. The van der Waals surface area contributed by atoms with Crippen LogP contribution in [0.25, 0.3) is 0 Å². The second kappa shape index (κ2) is 14.7. The maximum atomic E-state index is 12.0. The summed E-state index contributed by atoms with van der Waals surface area (Å²) in [6.45, 7) is 14.8. The van der Waals surface area contributed by atoms with Crippen LogP contribution in [0.1, 0.15) is 40.2 Å². The van der Waals surface area contributed by atoms with Crippen LogP contribution in [0, 0.1) is 0 Å². The number of halogens is 2. The number of carbonyl (C=O) groups is 1. The van der Waals surface area contributed by atoms with Gasteiger partial charge < -0.3 is 25.0 Å². The molecule has 1 aromatic rings. The minimum Gasteiger partial charge on any atom is -0.493 e. The lowest BCUT2D eigenvalue weighted by Crippen LogP contribution is -2.43. The third kappa shape index (κ3) is 11.0. The average molecular weight is 438 g/mol. The number of methoxy groups -OCH3 is 1. The van der Waals surface area contributed by atoms with E-state index in [1.54, 1.807) is 7.11 Å².